The van der Waals surface area contributed by atoms with Gasteiger partial charge in [0.15, 0.2) is 0 Å². The van der Waals surface area contributed by atoms with Crippen LogP contribution in [0.25, 0.3) is 0 Å². The molecule has 2 nitrogen and oxygen atoms in total. The van der Waals surface area contributed by atoms with E-state index >= 15 is 0 Å². The smallest absolute Gasteiger partial charge is 0.123 e. The molecular weight excluding hydrogens is 392 g/mol. The van der Waals surface area contributed by atoms with E-state index in [2.05, 4.69) is 73.7 Å². The summed E-state index contributed by atoms with van der Waals surface area (Å²) in [6, 6.07) is 27.2. The summed E-state index contributed by atoms with van der Waals surface area (Å²) >= 11 is 0. The molecule has 0 aliphatic rings. The van der Waals surface area contributed by atoms with Gasteiger partial charge >= 0.3 is 0 Å². The highest BCUT2D eigenvalue weighted by molar-refractivity contribution is 5.61. The molecule has 0 unspecified atom stereocenters. The lowest BCUT2D eigenvalue weighted by molar-refractivity contribution is 0.302. The molecule has 169 valence electrons. The van der Waals surface area contributed by atoms with Gasteiger partial charge in [0, 0.05) is 5.56 Å². The summed E-state index contributed by atoms with van der Waals surface area (Å²) in [4.78, 5) is 0. The molecule has 0 N–H and O–H groups in total. The lowest BCUT2D eigenvalue weighted by Gasteiger charge is -2.21. The molecule has 0 atom stereocenters. The molecule has 3 aromatic carbocycles. The van der Waals surface area contributed by atoms with Gasteiger partial charge in [-0.1, -0.05) is 113 Å². The lowest BCUT2D eigenvalue weighted by atomic mass is 9.84. The zero-order valence-electron chi connectivity index (χ0n) is 19.7. The molecule has 0 aliphatic carbocycles. The molecule has 0 amide bonds. The monoisotopic (exact) mass is 429 g/mol. The normalized spacial score (nSPS) is 11.0. The van der Waals surface area contributed by atoms with Crippen molar-refractivity contribution in [2.75, 3.05) is 13.7 Å². The van der Waals surface area contributed by atoms with Crippen LogP contribution in [-0.2, 0) is 0 Å². The van der Waals surface area contributed by atoms with Crippen molar-refractivity contribution in [1.82, 2.24) is 0 Å². The number of rotatable bonds is 14. The van der Waals surface area contributed by atoms with Gasteiger partial charge < -0.3 is 9.47 Å². The maximum atomic E-state index is 6.31. The van der Waals surface area contributed by atoms with Crippen molar-refractivity contribution in [2.24, 2.45) is 0 Å². The predicted octanol–water partition coefficient (Wildman–Crippen LogP) is 8.23. The van der Waals surface area contributed by atoms with Gasteiger partial charge in [-0.25, -0.2) is 0 Å². The van der Waals surface area contributed by atoms with Gasteiger partial charge in [-0.3, -0.25) is 0 Å². The Kier molecular flexibility index (Phi) is 10.2. The first-order valence-electron chi connectivity index (χ1n) is 12.1. The van der Waals surface area contributed by atoms with Gasteiger partial charge in [-0.15, -0.1) is 0 Å². The first-order valence-corrected chi connectivity index (χ1v) is 12.1. The standard InChI is InChI=1S/C30H37O2/c1-3-4-5-6-7-8-9-15-24-32-29-19-14-13-18-28(29)30(25-16-11-10-12-17-25)26-20-22-27(31-2)23-21-26/h10-14,16-23H,3-9,15,24H2,1-2H3. The van der Waals surface area contributed by atoms with Crippen LogP contribution in [0.4, 0.5) is 0 Å². The number of para-hydroxylation sites is 1. The molecule has 0 bridgehead atoms. The zero-order chi connectivity index (χ0) is 22.4. The minimum absolute atomic E-state index is 0.761. The van der Waals surface area contributed by atoms with Crippen molar-refractivity contribution in [3.8, 4) is 11.5 Å². The van der Waals surface area contributed by atoms with Gasteiger partial charge in [0.05, 0.1) is 19.6 Å². The maximum absolute atomic E-state index is 6.31. The van der Waals surface area contributed by atoms with E-state index in [-0.39, 0.29) is 0 Å². The molecule has 0 spiro atoms. The van der Waals surface area contributed by atoms with E-state index in [1.807, 2.05) is 12.1 Å². The van der Waals surface area contributed by atoms with Crippen molar-refractivity contribution in [2.45, 2.75) is 58.3 Å². The van der Waals surface area contributed by atoms with Gasteiger partial charge in [0.25, 0.3) is 0 Å². The minimum atomic E-state index is 0.761. The van der Waals surface area contributed by atoms with E-state index in [0.717, 1.165) is 35.7 Å². The molecule has 2 heteroatoms. The number of hydrogen-bond donors (Lipinski definition) is 0. The Morgan fingerprint density at radius 2 is 1.22 bits per heavy atom. The van der Waals surface area contributed by atoms with Crippen LogP contribution < -0.4 is 9.47 Å². The van der Waals surface area contributed by atoms with Crippen LogP contribution >= 0.6 is 0 Å². The fourth-order valence-corrected chi connectivity index (χ4v) is 4.06. The highest BCUT2D eigenvalue weighted by Gasteiger charge is 2.21. The van der Waals surface area contributed by atoms with Crippen LogP contribution in [0.1, 0.15) is 75.0 Å². The summed E-state index contributed by atoms with van der Waals surface area (Å²) in [5.41, 5.74) is 3.46. The number of hydrogen-bond acceptors (Lipinski definition) is 2. The summed E-state index contributed by atoms with van der Waals surface area (Å²) < 4.78 is 11.7. The van der Waals surface area contributed by atoms with Crippen LogP contribution in [0.2, 0.25) is 0 Å². The second-order valence-electron chi connectivity index (χ2n) is 8.29. The Morgan fingerprint density at radius 3 is 1.91 bits per heavy atom. The average molecular weight is 430 g/mol. The molecule has 3 aromatic rings. The van der Waals surface area contributed by atoms with Crippen molar-refractivity contribution in [3.63, 3.8) is 0 Å². The van der Waals surface area contributed by atoms with Crippen molar-refractivity contribution < 1.29 is 9.47 Å². The summed E-state index contributed by atoms with van der Waals surface area (Å²) in [7, 11) is 1.70. The molecular formula is C30H37O2. The number of methoxy groups -OCH3 is 1. The maximum Gasteiger partial charge on any atom is 0.123 e. The lowest BCUT2D eigenvalue weighted by Crippen LogP contribution is -2.08. The summed E-state index contributed by atoms with van der Waals surface area (Å²) in [5.74, 6) is 2.99. The van der Waals surface area contributed by atoms with E-state index in [1.54, 1.807) is 7.11 Å². The second kappa shape index (κ2) is 13.6. The molecule has 0 aromatic heterocycles. The Bertz CT molecular complexity index is 886. The third kappa shape index (κ3) is 7.15. The minimum Gasteiger partial charge on any atom is -0.497 e. The molecule has 3 rings (SSSR count). The van der Waals surface area contributed by atoms with E-state index in [0.29, 0.717) is 0 Å². The largest absolute Gasteiger partial charge is 0.497 e. The van der Waals surface area contributed by atoms with Gasteiger partial charge in [-0.05, 0) is 35.7 Å². The van der Waals surface area contributed by atoms with Gasteiger partial charge in [0.2, 0.25) is 0 Å². The van der Waals surface area contributed by atoms with E-state index in [1.165, 1.54) is 56.4 Å². The molecule has 0 aliphatic heterocycles. The number of unbranched alkanes of at least 4 members (excludes halogenated alkanes) is 7. The van der Waals surface area contributed by atoms with E-state index < -0.39 is 0 Å². The Balaban J connectivity index is 1.68. The van der Waals surface area contributed by atoms with Crippen LogP contribution in [0, 0.1) is 5.92 Å². The Labute approximate surface area is 194 Å². The van der Waals surface area contributed by atoms with Crippen LogP contribution in [0.3, 0.4) is 0 Å². The quantitative estimate of drug-likeness (QED) is 0.190. The van der Waals surface area contributed by atoms with Crippen LogP contribution in [0.5, 0.6) is 11.5 Å². The summed E-state index contributed by atoms with van der Waals surface area (Å²) in [6.45, 7) is 3.03. The first kappa shape index (κ1) is 23.9. The van der Waals surface area contributed by atoms with Crippen molar-refractivity contribution in [3.05, 3.63) is 101 Å². The zero-order valence-corrected chi connectivity index (χ0v) is 19.7. The second-order valence-corrected chi connectivity index (χ2v) is 8.29. The molecule has 1 radical (unpaired) electrons. The summed E-state index contributed by atoms with van der Waals surface area (Å²) in [5, 5.41) is 0. The number of ether oxygens (including phenoxy) is 2. The summed E-state index contributed by atoms with van der Waals surface area (Å²) in [6.07, 6.45) is 10.4. The molecule has 32 heavy (non-hydrogen) atoms. The number of benzene rings is 3. The predicted molar refractivity (Wildman–Crippen MR) is 135 cm³/mol. The third-order valence-corrected chi connectivity index (χ3v) is 5.85. The SMILES string of the molecule is CCCCCCCCCCOc1ccccc1[C](c1ccccc1)c1ccc(OC)cc1. The molecule has 0 heterocycles. The van der Waals surface area contributed by atoms with Gasteiger partial charge in [-0.2, -0.15) is 0 Å². The third-order valence-electron chi connectivity index (χ3n) is 5.85. The van der Waals surface area contributed by atoms with Crippen LogP contribution in [0.15, 0.2) is 78.9 Å². The van der Waals surface area contributed by atoms with Crippen molar-refractivity contribution in [1.29, 1.82) is 0 Å². The Hall–Kier alpha value is -2.74. The molecule has 0 fully saturated rings. The van der Waals surface area contributed by atoms with E-state index in [4.69, 9.17) is 9.47 Å². The molecule has 0 saturated heterocycles. The van der Waals surface area contributed by atoms with Crippen LogP contribution in [-0.4, -0.2) is 13.7 Å². The Morgan fingerprint density at radius 1 is 0.625 bits per heavy atom. The fraction of sp³-hybridized carbons (Fsp3) is 0.367. The van der Waals surface area contributed by atoms with E-state index in [9.17, 15) is 0 Å². The highest BCUT2D eigenvalue weighted by atomic mass is 16.5. The highest BCUT2D eigenvalue weighted by Crippen LogP contribution is 2.37. The van der Waals surface area contributed by atoms with Crippen molar-refractivity contribution >= 4 is 0 Å². The topological polar surface area (TPSA) is 18.5 Å². The first-order chi connectivity index (χ1) is 15.8. The fourth-order valence-electron chi connectivity index (χ4n) is 4.06. The van der Waals surface area contributed by atoms with Gasteiger partial charge in [0.1, 0.15) is 11.5 Å². The molecule has 0 saturated carbocycles. The average Bonchev–Trinajstić information content (AvgIpc) is 2.85.